The van der Waals surface area contributed by atoms with Crippen molar-refractivity contribution < 1.29 is 9.90 Å². The van der Waals surface area contributed by atoms with Crippen molar-refractivity contribution >= 4 is 28.5 Å². The highest BCUT2D eigenvalue weighted by molar-refractivity contribution is 6.29. The quantitative estimate of drug-likeness (QED) is 0.734. The van der Waals surface area contributed by atoms with Gasteiger partial charge in [-0.1, -0.05) is 23.7 Å². The number of imidazole rings is 1. The number of aromatic nitrogens is 4. The van der Waals surface area contributed by atoms with E-state index in [1.54, 1.807) is 20.3 Å². The number of para-hydroxylation sites is 2. The molecule has 126 valence electrons. The summed E-state index contributed by atoms with van der Waals surface area (Å²) in [5.41, 5.74) is 1.13. The molecule has 0 fully saturated rings. The molecule has 0 aliphatic heterocycles. The molecule has 2 N–H and O–H groups in total. The Labute approximate surface area is 143 Å². The Kier molecular flexibility index (Phi) is 4.29. The number of aliphatic hydroxyl groups is 1. The van der Waals surface area contributed by atoms with E-state index in [0.29, 0.717) is 11.7 Å². The highest BCUT2D eigenvalue weighted by atomic mass is 35.5. The molecule has 24 heavy (non-hydrogen) atoms. The molecule has 0 saturated carbocycles. The minimum atomic E-state index is -0.870. The molecule has 1 atom stereocenters. The zero-order valence-corrected chi connectivity index (χ0v) is 14.2. The van der Waals surface area contributed by atoms with E-state index < -0.39 is 11.4 Å². The fraction of sp³-hybridized carbons (Fsp3) is 0.312. The molecule has 0 bridgehead atoms. The van der Waals surface area contributed by atoms with Crippen LogP contribution < -0.4 is 5.32 Å². The summed E-state index contributed by atoms with van der Waals surface area (Å²) in [5, 5.41) is 17.1. The zero-order chi connectivity index (χ0) is 17.3. The topological polar surface area (TPSA) is 85.0 Å². The lowest BCUT2D eigenvalue weighted by Gasteiger charge is -2.29. The number of hydrogen-bond donors (Lipinski definition) is 2. The van der Waals surface area contributed by atoms with E-state index in [2.05, 4.69) is 15.4 Å². The molecule has 2 aromatic heterocycles. The van der Waals surface area contributed by atoms with E-state index in [1.807, 2.05) is 28.8 Å². The van der Waals surface area contributed by atoms with Crippen LogP contribution in [0.2, 0.25) is 5.15 Å². The number of amides is 1. The molecule has 0 aliphatic carbocycles. The van der Waals surface area contributed by atoms with Gasteiger partial charge in [0.25, 0.3) is 5.91 Å². The van der Waals surface area contributed by atoms with Crippen LogP contribution in [0.1, 0.15) is 17.4 Å². The Morgan fingerprint density at radius 3 is 2.83 bits per heavy atom. The summed E-state index contributed by atoms with van der Waals surface area (Å²) < 4.78 is 3.31. The highest BCUT2D eigenvalue weighted by Crippen LogP contribution is 2.17. The summed E-state index contributed by atoms with van der Waals surface area (Å²) in [6.07, 6.45) is 1.70. The molecule has 3 aromatic rings. The summed E-state index contributed by atoms with van der Waals surface area (Å²) in [6, 6.07) is 9.18. The molecule has 3 rings (SSSR count). The lowest BCUT2D eigenvalue weighted by atomic mass is 10.0. The summed E-state index contributed by atoms with van der Waals surface area (Å²) in [5.74, 6) is -0.390. The van der Waals surface area contributed by atoms with Gasteiger partial charge in [-0.2, -0.15) is 5.10 Å². The molecule has 7 nitrogen and oxygen atoms in total. The molecule has 0 saturated heterocycles. The predicted octanol–water partition coefficient (Wildman–Crippen LogP) is 1.60. The number of rotatable bonds is 5. The van der Waals surface area contributed by atoms with Crippen molar-refractivity contribution in [2.75, 3.05) is 6.61 Å². The predicted molar refractivity (Wildman–Crippen MR) is 90.9 cm³/mol. The van der Waals surface area contributed by atoms with E-state index in [9.17, 15) is 9.90 Å². The van der Waals surface area contributed by atoms with Crippen LogP contribution in [0.5, 0.6) is 0 Å². The highest BCUT2D eigenvalue weighted by Gasteiger charge is 2.28. The molecule has 1 unspecified atom stereocenters. The summed E-state index contributed by atoms with van der Waals surface area (Å²) in [4.78, 5) is 16.7. The van der Waals surface area contributed by atoms with Gasteiger partial charge in [0.2, 0.25) is 0 Å². The van der Waals surface area contributed by atoms with E-state index in [1.165, 1.54) is 10.7 Å². The molecular formula is C16H18ClN5O2. The van der Waals surface area contributed by atoms with Crippen LogP contribution in [0, 0.1) is 0 Å². The minimum absolute atomic E-state index is 0.206. The fourth-order valence-electron chi connectivity index (χ4n) is 2.53. The first-order chi connectivity index (χ1) is 11.4. The molecule has 0 radical (unpaired) electrons. The average Bonchev–Trinajstić information content (AvgIpc) is 3.12. The molecular weight excluding hydrogens is 330 g/mol. The third-order valence-electron chi connectivity index (χ3n) is 3.87. The standard InChI is InChI=1S/C16H18ClN5O2/c1-16(9-23,19-15(24)12-7-14(17)21(2)20-12)8-22-10-18-11-5-3-4-6-13(11)22/h3-7,10,23H,8-9H2,1-2H3,(H,19,24). The van der Waals surface area contributed by atoms with Gasteiger partial charge in [0, 0.05) is 19.7 Å². The lowest BCUT2D eigenvalue weighted by Crippen LogP contribution is -2.51. The molecule has 0 aliphatic rings. The van der Waals surface area contributed by atoms with Crippen LogP contribution in [0.25, 0.3) is 11.0 Å². The molecule has 0 spiro atoms. The number of hydrogen-bond acceptors (Lipinski definition) is 4. The Morgan fingerprint density at radius 1 is 1.42 bits per heavy atom. The van der Waals surface area contributed by atoms with E-state index in [0.717, 1.165) is 11.0 Å². The van der Waals surface area contributed by atoms with Crippen molar-refractivity contribution in [2.24, 2.45) is 7.05 Å². The SMILES string of the molecule is Cn1nc(C(=O)NC(C)(CO)Cn2cnc3ccccc32)cc1Cl. The largest absolute Gasteiger partial charge is 0.394 e. The first kappa shape index (κ1) is 16.5. The molecule has 8 heteroatoms. The summed E-state index contributed by atoms with van der Waals surface area (Å²) >= 11 is 5.92. The summed E-state index contributed by atoms with van der Waals surface area (Å²) in [6.45, 7) is 1.91. The van der Waals surface area contributed by atoms with Gasteiger partial charge in [-0.3, -0.25) is 9.48 Å². The monoisotopic (exact) mass is 347 g/mol. The number of carbonyl (C=O) groups is 1. The Morgan fingerprint density at radius 2 is 2.17 bits per heavy atom. The maximum absolute atomic E-state index is 12.4. The number of carbonyl (C=O) groups excluding carboxylic acids is 1. The maximum atomic E-state index is 12.4. The first-order valence-corrected chi connectivity index (χ1v) is 7.82. The van der Waals surface area contributed by atoms with Gasteiger partial charge in [-0.15, -0.1) is 0 Å². The third kappa shape index (κ3) is 3.13. The Bertz CT molecular complexity index is 868. The van der Waals surface area contributed by atoms with Gasteiger partial charge < -0.3 is 15.0 Å². The van der Waals surface area contributed by atoms with Crippen LogP contribution in [0.3, 0.4) is 0 Å². The number of aliphatic hydroxyl groups excluding tert-OH is 1. The number of aryl methyl sites for hydroxylation is 1. The van der Waals surface area contributed by atoms with Gasteiger partial charge in [0.05, 0.1) is 29.5 Å². The third-order valence-corrected chi connectivity index (χ3v) is 4.22. The van der Waals surface area contributed by atoms with E-state index in [4.69, 9.17) is 11.6 Å². The van der Waals surface area contributed by atoms with Gasteiger partial charge in [-0.05, 0) is 19.1 Å². The van der Waals surface area contributed by atoms with Crippen molar-refractivity contribution in [1.29, 1.82) is 0 Å². The first-order valence-electron chi connectivity index (χ1n) is 7.45. The van der Waals surface area contributed by atoms with Crippen LogP contribution in [-0.4, -0.2) is 42.5 Å². The summed E-state index contributed by atoms with van der Waals surface area (Å²) in [7, 11) is 1.65. The van der Waals surface area contributed by atoms with Gasteiger partial charge in [-0.25, -0.2) is 4.98 Å². The van der Waals surface area contributed by atoms with Crippen molar-refractivity contribution in [2.45, 2.75) is 19.0 Å². The average molecular weight is 348 g/mol. The van der Waals surface area contributed by atoms with Gasteiger partial charge in [0.1, 0.15) is 5.15 Å². The second-order valence-corrected chi connectivity index (χ2v) is 6.40. The second-order valence-electron chi connectivity index (χ2n) is 6.01. The van der Waals surface area contributed by atoms with Crippen LogP contribution >= 0.6 is 11.6 Å². The van der Waals surface area contributed by atoms with Crippen LogP contribution in [0.15, 0.2) is 36.7 Å². The molecule has 2 heterocycles. The lowest BCUT2D eigenvalue weighted by molar-refractivity contribution is 0.0826. The fourth-order valence-corrected chi connectivity index (χ4v) is 2.68. The van der Waals surface area contributed by atoms with Crippen molar-refractivity contribution in [3.05, 3.63) is 47.5 Å². The molecule has 1 aromatic carbocycles. The van der Waals surface area contributed by atoms with Gasteiger partial charge in [0.15, 0.2) is 5.69 Å². The second kappa shape index (κ2) is 6.26. The number of fused-ring (bicyclic) bond motifs is 1. The number of halogens is 1. The molecule has 1 amide bonds. The van der Waals surface area contributed by atoms with Gasteiger partial charge >= 0.3 is 0 Å². The minimum Gasteiger partial charge on any atom is -0.394 e. The Balaban J connectivity index is 1.82. The van der Waals surface area contributed by atoms with Crippen LogP contribution in [-0.2, 0) is 13.6 Å². The number of benzene rings is 1. The normalized spacial score (nSPS) is 13.8. The van der Waals surface area contributed by atoms with Crippen molar-refractivity contribution in [1.82, 2.24) is 24.6 Å². The number of nitrogens with zero attached hydrogens (tertiary/aromatic N) is 4. The number of nitrogens with one attached hydrogen (secondary N) is 1. The smallest absolute Gasteiger partial charge is 0.272 e. The van der Waals surface area contributed by atoms with E-state index >= 15 is 0 Å². The zero-order valence-electron chi connectivity index (χ0n) is 13.4. The van der Waals surface area contributed by atoms with Crippen molar-refractivity contribution in [3.8, 4) is 0 Å². The Hall–Kier alpha value is -2.38. The van der Waals surface area contributed by atoms with Crippen LogP contribution in [0.4, 0.5) is 0 Å². The maximum Gasteiger partial charge on any atom is 0.272 e. The van der Waals surface area contributed by atoms with E-state index in [-0.39, 0.29) is 12.3 Å². The van der Waals surface area contributed by atoms with Crippen molar-refractivity contribution in [3.63, 3.8) is 0 Å².